The van der Waals surface area contributed by atoms with Gasteiger partial charge in [-0.25, -0.2) is 0 Å². The van der Waals surface area contributed by atoms with E-state index in [0.29, 0.717) is 16.5 Å². The van der Waals surface area contributed by atoms with E-state index in [1.807, 2.05) is 45.9 Å². The molecule has 6 heteroatoms. The molecule has 0 atom stereocenters. The highest BCUT2D eigenvalue weighted by atomic mass is 35.5. The van der Waals surface area contributed by atoms with E-state index >= 15 is 0 Å². The number of nitrogens with two attached hydrogens (primary N) is 1. The monoisotopic (exact) mass is 325 g/mol. The highest BCUT2D eigenvalue weighted by Crippen LogP contribution is 2.39. The van der Waals surface area contributed by atoms with Gasteiger partial charge in [0.25, 0.3) is 0 Å². The molecule has 1 aromatic rings. The Bertz CT molecular complexity index is 539. The predicted molar refractivity (Wildman–Crippen MR) is 93.8 cm³/mol. The number of rotatable bonds is 3. The summed E-state index contributed by atoms with van der Waals surface area (Å²) >= 11 is 10.4. The van der Waals surface area contributed by atoms with Crippen LogP contribution in [0.3, 0.4) is 0 Å². The highest BCUT2D eigenvalue weighted by Gasteiger charge is 2.52. The largest absolute Gasteiger partial charge is 0.491 e. The van der Waals surface area contributed by atoms with Crippen molar-refractivity contribution in [3.63, 3.8) is 0 Å². The topological polar surface area (TPSA) is 44.5 Å². The number of nitrogen functional groups attached to an aromatic ring is 1. The van der Waals surface area contributed by atoms with E-state index in [1.54, 1.807) is 6.07 Å². The third kappa shape index (κ3) is 3.59. The second-order valence-corrected chi connectivity index (χ2v) is 7.04. The average molecular weight is 326 g/mol. The third-order valence-corrected chi connectivity index (χ3v) is 4.62. The molecule has 0 amide bonds. The average Bonchev–Trinajstić information content (AvgIpc) is 2.54. The van der Waals surface area contributed by atoms with E-state index in [-0.39, 0.29) is 11.2 Å². The lowest BCUT2D eigenvalue weighted by Gasteiger charge is -2.32. The number of benzene rings is 1. The molecule has 0 bridgehead atoms. The molecule has 1 heterocycles. The van der Waals surface area contributed by atoms with Gasteiger partial charge < -0.3 is 15.0 Å². The first-order chi connectivity index (χ1) is 9.64. The molecule has 3 nitrogen and oxygen atoms in total. The minimum atomic E-state index is -0.410. The summed E-state index contributed by atoms with van der Waals surface area (Å²) in [6, 6.07) is 5.43. The molecule has 21 heavy (non-hydrogen) atoms. The summed E-state index contributed by atoms with van der Waals surface area (Å²) in [4.78, 5) is 0. The van der Waals surface area contributed by atoms with Crippen molar-refractivity contribution >= 4 is 43.1 Å². The molecule has 1 fully saturated rings. The highest BCUT2D eigenvalue weighted by molar-refractivity contribution is 7.80. The predicted octanol–water partition coefficient (Wildman–Crippen LogP) is 3.87. The first-order valence-corrected chi connectivity index (χ1v) is 7.89. The second kappa shape index (κ2) is 5.88. The molecule has 1 saturated heterocycles. The Kier molecular flexibility index (Phi) is 4.69. The minimum absolute atomic E-state index is 0.368. The van der Waals surface area contributed by atoms with Crippen molar-refractivity contribution < 1.29 is 9.31 Å². The van der Waals surface area contributed by atoms with E-state index in [9.17, 15) is 0 Å². The molecule has 114 valence electrons. The van der Waals surface area contributed by atoms with E-state index in [1.165, 1.54) is 0 Å². The quantitative estimate of drug-likeness (QED) is 0.504. The fourth-order valence-corrected chi connectivity index (χ4v) is 2.61. The lowest BCUT2D eigenvalue weighted by atomic mass is 9.78. The van der Waals surface area contributed by atoms with Gasteiger partial charge in [-0.3, -0.25) is 0 Å². The first kappa shape index (κ1) is 16.8. The van der Waals surface area contributed by atoms with Gasteiger partial charge in [-0.05, 0) is 56.9 Å². The van der Waals surface area contributed by atoms with Crippen molar-refractivity contribution in [3.05, 3.63) is 34.3 Å². The summed E-state index contributed by atoms with van der Waals surface area (Å²) in [5, 5.41) is 0.605. The number of halogens is 1. The number of thiol groups is 1. The summed E-state index contributed by atoms with van der Waals surface area (Å²) in [7, 11) is -0.410. The van der Waals surface area contributed by atoms with E-state index in [0.717, 1.165) is 11.0 Å². The molecule has 0 saturated carbocycles. The Balaban J connectivity index is 2.30. The van der Waals surface area contributed by atoms with Crippen LogP contribution in [0.4, 0.5) is 5.69 Å². The van der Waals surface area contributed by atoms with Crippen molar-refractivity contribution in [2.45, 2.75) is 38.9 Å². The molecule has 0 unspecified atom stereocenters. The maximum Gasteiger partial charge on any atom is 0.491 e. The van der Waals surface area contributed by atoms with Gasteiger partial charge in [0.15, 0.2) is 0 Å². The van der Waals surface area contributed by atoms with Crippen LogP contribution in [-0.4, -0.2) is 24.1 Å². The SMILES string of the molecule is CC1(C)OB(C(=Cc2cc(N)cc(Cl)c2)CS)OC1(C)C. The van der Waals surface area contributed by atoms with Crippen LogP contribution >= 0.6 is 24.2 Å². The Morgan fingerprint density at radius 2 is 1.81 bits per heavy atom. The first-order valence-electron chi connectivity index (χ1n) is 6.88. The summed E-state index contributed by atoms with van der Waals surface area (Å²) in [5.41, 5.74) is 7.57. The molecule has 1 aliphatic heterocycles. The second-order valence-electron chi connectivity index (χ2n) is 6.28. The van der Waals surface area contributed by atoms with Crippen LogP contribution < -0.4 is 5.73 Å². The molecular formula is C15H21BClNO2S. The van der Waals surface area contributed by atoms with Crippen molar-refractivity contribution in [1.82, 2.24) is 0 Å². The zero-order chi connectivity index (χ0) is 15.8. The van der Waals surface area contributed by atoms with Crippen LogP contribution in [0.1, 0.15) is 33.3 Å². The Labute approximate surface area is 137 Å². The van der Waals surface area contributed by atoms with Gasteiger partial charge in [-0.15, -0.1) is 0 Å². The number of hydrogen-bond donors (Lipinski definition) is 2. The molecule has 0 aromatic heterocycles. The molecule has 0 aliphatic carbocycles. The maximum absolute atomic E-state index is 6.05. The van der Waals surface area contributed by atoms with Crippen molar-refractivity contribution in [1.29, 1.82) is 0 Å². The standard InChI is InChI=1S/C15H21BClNO2S/c1-14(2)15(3,4)20-16(19-14)11(9-21)5-10-6-12(17)8-13(18)7-10/h5-8,21H,9,18H2,1-4H3. The van der Waals surface area contributed by atoms with Gasteiger partial charge >= 0.3 is 7.12 Å². The Morgan fingerprint density at radius 3 is 2.29 bits per heavy atom. The lowest BCUT2D eigenvalue weighted by molar-refractivity contribution is 0.00578. The van der Waals surface area contributed by atoms with Gasteiger partial charge in [-0.2, -0.15) is 12.6 Å². The fraction of sp³-hybridized carbons (Fsp3) is 0.467. The summed E-state index contributed by atoms with van der Waals surface area (Å²) < 4.78 is 12.1. The van der Waals surface area contributed by atoms with Gasteiger partial charge in [0.2, 0.25) is 0 Å². The van der Waals surface area contributed by atoms with Gasteiger partial charge in [0, 0.05) is 16.5 Å². The summed E-state index contributed by atoms with van der Waals surface area (Å²) in [6.45, 7) is 8.11. The molecule has 1 aromatic carbocycles. The molecule has 0 spiro atoms. The van der Waals surface area contributed by atoms with Crippen LogP contribution in [0.25, 0.3) is 6.08 Å². The molecule has 1 aliphatic rings. The Morgan fingerprint density at radius 1 is 1.24 bits per heavy atom. The maximum atomic E-state index is 6.05. The van der Waals surface area contributed by atoms with Gasteiger partial charge in [-0.1, -0.05) is 17.7 Å². The molecule has 0 radical (unpaired) electrons. The normalized spacial score (nSPS) is 20.9. The minimum Gasteiger partial charge on any atom is -0.400 e. The molecular weight excluding hydrogens is 305 g/mol. The summed E-state index contributed by atoms with van der Waals surface area (Å²) in [6.07, 6.45) is 1.97. The zero-order valence-corrected chi connectivity index (χ0v) is 14.5. The van der Waals surface area contributed by atoms with E-state index in [2.05, 4.69) is 12.6 Å². The van der Waals surface area contributed by atoms with Crippen LogP contribution in [0.2, 0.25) is 5.02 Å². The smallest absolute Gasteiger partial charge is 0.400 e. The van der Waals surface area contributed by atoms with Gasteiger partial charge in [0.1, 0.15) is 0 Å². The van der Waals surface area contributed by atoms with Crippen LogP contribution in [0, 0.1) is 0 Å². The number of anilines is 1. The van der Waals surface area contributed by atoms with Crippen molar-refractivity contribution in [3.8, 4) is 0 Å². The third-order valence-electron chi connectivity index (χ3n) is 4.03. The lowest BCUT2D eigenvalue weighted by Crippen LogP contribution is -2.41. The van der Waals surface area contributed by atoms with Crippen molar-refractivity contribution in [2.75, 3.05) is 11.5 Å². The summed E-state index contributed by atoms with van der Waals surface area (Å²) in [5.74, 6) is 0.531. The van der Waals surface area contributed by atoms with Crippen LogP contribution in [-0.2, 0) is 9.31 Å². The van der Waals surface area contributed by atoms with Gasteiger partial charge in [0.05, 0.1) is 11.2 Å². The van der Waals surface area contributed by atoms with Crippen molar-refractivity contribution in [2.24, 2.45) is 0 Å². The molecule has 2 rings (SSSR count). The van der Waals surface area contributed by atoms with Crippen LogP contribution in [0.15, 0.2) is 23.7 Å². The Hall–Kier alpha value is -0.615. The zero-order valence-electron chi connectivity index (χ0n) is 12.8. The fourth-order valence-electron chi connectivity index (χ4n) is 2.12. The van der Waals surface area contributed by atoms with E-state index < -0.39 is 7.12 Å². The number of hydrogen-bond acceptors (Lipinski definition) is 4. The van der Waals surface area contributed by atoms with E-state index in [4.69, 9.17) is 26.6 Å². The molecule has 2 N–H and O–H groups in total. The van der Waals surface area contributed by atoms with Crippen LogP contribution in [0.5, 0.6) is 0 Å².